The average Bonchev–Trinajstić information content (AvgIpc) is 2.94. The van der Waals surface area contributed by atoms with Crippen molar-refractivity contribution in [1.82, 2.24) is 0 Å². The molecule has 3 nitrogen and oxygen atoms in total. The largest absolute Gasteiger partial charge is 0.395 e. The van der Waals surface area contributed by atoms with Crippen LogP contribution < -0.4 is 10.6 Å². The number of aliphatic hydroxyl groups is 1. The minimum absolute atomic E-state index is 0.151. The number of hydrogen-bond donors (Lipinski definition) is 2. The lowest BCUT2D eigenvalue weighted by atomic mass is 9.88. The van der Waals surface area contributed by atoms with Crippen molar-refractivity contribution in [2.75, 3.05) is 17.2 Å². The summed E-state index contributed by atoms with van der Waals surface area (Å²) < 4.78 is 13.6. The number of para-hydroxylation sites is 1. The molecule has 3 aliphatic rings. The summed E-state index contributed by atoms with van der Waals surface area (Å²) in [6.07, 6.45) is 1.98. The summed E-state index contributed by atoms with van der Waals surface area (Å²) >= 11 is 0. The molecule has 0 radical (unpaired) electrons. The van der Waals surface area contributed by atoms with Gasteiger partial charge in [0.05, 0.1) is 23.5 Å². The third-order valence-electron chi connectivity index (χ3n) is 5.19. The van der Waals surface area contributed by atoms with E-state index in [1.165, 1.54) is 6.07 Å². The highest BCUT2D eigenvalue weighted by atomic mass is 19.1. The van der Waals surface area contributed by atoms with Gasteiger partial charge in [0.1, 0.15) is 5.82 Å². The second kappa shape index (κ2) is 3.38. The molecule has 1 aliphatic heterocycles. The molecule has 5 unspecified atom stereocenters. The lowest BCUT2D eigenvalue weighted by Crippen LogP contribution is -2.41. The quantitative estimate of drug-likeness (QED) is 0.742. The first-order chi connectivity index (χ1) is 8.66. The Hall–Kier alpha value is -1.29. The van der Waals surface area contributed by atoms with Gasteiger partial charge in [-0.15, -0.1) is 0 Å². The first-order valence-corrected chi connectivity index (χ1v) is 6.65. The highest BCUT2D eigenvalue weighted by Crippen LogP contribution is 2.56. The summed E-state index contributed by atoms with van der Waals surface area (Å²) in [4.78, 5) is 2.14. The topological polar surface area (TPSA) is 49.5 Å². The Bertz CT molecular complexity index is 505. The number of nitrogens with two attached hydrogens (primary N) is 1. The van der Waals surface area contributed by atoms with Crippen molar-refractivity contribution < 1.29 is 9.50 Å². The highest BCUT2D eigenvalue weighted by molar-refractivity contribution is 5.69. The number of aliphatic hydroxyl groups excluding tert-OH is 1. The molecule has 2 bridgehead atoms. The number of nitrogen functional groups attached to an aromatic ring is 1. The van der Waals surface area contributed by atoms with Gasteiger partial charge in [-0.1, -0.05) is 6.07 Å². The Morgan fingerprint density at radius 2 is 2.11 bits per heavy atom. The molecule has 1 saturated heterocycles. The fraction of sp³-hybridized carbons (Fsp3) is 0.571. The molecule has 4 heteroatoms. The monoisotopic (exact) mass is 248 g/mol. The number of rotatable bonds is 1. The van der Waals surface area contributed by atoms with E-state index in [0.29, 0.717) is 17.8 Å². The zero-order valence-corrected chi connectivity index (χ0v) is 10.1. The van der Waals surface area contributed by atoms with E-state index < -0.39 is 0 Å². The van der Waals surface area contributed by atoms with Gasteiger partial charge in [0, 0.05) is 6.54 Å². The lowest BCUT2D eigenvalue weighted by Gasteiger charge is -2.31. The fourth-order valence-electron chi connectivity index (χ4n) is 4.47. The van der Waals surface area contributed by atoms with E-state index in [1.54, 1.807) is 6.07 Å². The summed E-state index contributed by atoms with van der Waals surface area (Å²) in [5.41, 5.74) is 6.83. The molecule has 2 saturated carbocycles. The van der Waals surface area contributed by atoms with E-state index in [9.17, 15) is 9.50 Å². The summed E-state index contributed by atoms with van der Waals surface area (Å²) in [5.74, 6) is 1.32. The van der Waals surface area contributed by atoms with Crippen LogP contribution in [0.4, 0.5) is 15.8 Å². The molecule has 0 amide bonds. The van der Waals surface area contributed by atoms with Gasteiger partial charge in [0.2, 0.25) is 0 Å². The van der Waals surface area contributed by atoms with Crippen LogP contribution in [-0.2, 0) is 0 Å². The van der Waals surface area contributed by atoms with Crippen LogP contribution in [0.25, 0.3) is 0 Å². The Labute approximate surface area is 105 Å². The predicted octanol–water partition coefficient (Wildman–Crippen LogP) is 1.61. The first-order valence-electron chi connectivity index (χ1n) is 6.65. The summed E-state index contributed by atoms with van der Waals surface area (Å²) in [7, 11) is 0. The Balaban J connectivity index is 1.76. The van der Waals surface area contributed by atoms with Gasteiger partial charge in [-0.05, 0) is 42.7 Å². The zero-order chi connectivity index (χ0) is 12.4. The maximum Gasteiger partial charge on any atom is 0.148 e. The average molecular weight is 248 g/mol. The smallest absolute Gasteiger partial charge is 0.148 e. The zero-order valence-electron chi connectivity index (χ0n) is 10.1. The molecule has 1 aromatic rings. The highest BCUT2D eigenvalue weighted by Gasteiger charge is 2.59. The third kappa shape index (κ3) is 1.17. The van der Waals surface area contributed by atoms with Gasteiger partial charge in [-0.3, -0.25) is 0 Å². The predicted molar refractivity (Wildman–Crippen MR) is 67.7 cm³/mol. The number of nitrogens with zero attached hydrogens (tertiary/aromatic N) is 1. The van der Waals surface area contributed by atoms with Gasteiger partial charge in [0.15, 0.2) is 0 Å². The van der Waals surface area contributed by atoms with E-state index >= 15 is 0 Å². The van der Waals surface area contributed by atoms with Crippen molar-refractivity contribution in [1.29, 1.82) is 0 Å². The van der Waals surface area contributed by atoms with Crippen LogP contribution >= 0.6 is 0 Å². The van der Waals surface area contributed by atoms with E-state index in [0.717, 1.165) is 25.1 Å². The summed E-state index contributed by atoms with van der Waals surface area (Å²) in [5, 5.41) is 10.3. The molecule has 3 fully saturated rings. The van der Waals surface area contributed by atoms with Gasteiger partial charge >= 0.3 is 0 Å². The lowest BCUT2D eigenvalue weighted by molar-refractivity contribution is 0.0967. The molecule has 2 aliphatic carbocycles. The molecule has 3 N–H and O–H groups in total. The fourth-order valence-corrected chi connectivity index (χ4v) is 4.47. The van der Waals surface area contributed by atoms with Crippen LogP contribution in [0.3, 0.4) is 0 Å². The van der Waals surface area contributed by atoms with Crippen LogP contribution in [0.2, 0.25) is 0 Å². The Morgan fingerprint density at radius 3 is 2.89 bits per heavy atom. The van der Waals surface area contributed by atoms with Crippen molar-refractivity contribution in [3.05, 3.63) is 24.0 Å². The molecule has 0 spiro atoms. The molecular formula is C14H17FN2O. The maximum absolute atomic E-state index is 13.6. The third-order valence-corrected chi connectivity index (χ3v) is 5.19. The van der Waals surface area contributed by atoms with Crippen molar-refractivity contribution in [3.63, 3.8) is 0 Å². The number of hydrogen-bond acceptors (Lipinski definition) is 3. The Morgan fingerprint density at radius 1 is 1.28 bits per heavy atom. The van der Waals surface area contributed by atoms with Gasteiger partial charge in [-0.25, -0.2) is 4.39 Å². The second-order valence-corrected chi connectivity index (χ2v) is 5.96. The van der Waals surface area contributed by atoms with Crippen LogP contribution in [0.5, 0.6) is 0 Å². The molecular weight excluding hydrogens is 231 g/mol. The molecule has 1 heterocycles. The minimum Gasteiger partial charge on any atom is -0.395 e. The molecule has 18 heavy (non-hydrogen) atoms. The van der Waals surface area contributed by atoms with Crippen LogP contribution in [0.15, 0.2) is 18.2 Å². The van der Waals surface area contributed by atoms with Crippen LogP contribution in [-0.4, -0.2) is 23.8 Å². The first kappa shape index (κ1) is 10.6. The van der Waals surface area contributed by atoms with E-state index in [2.05, 4.69) is 4.90 Å². The molecule has 5 atom stereocenters. The second-order valence-electron chi connectivity index (χ2n) is 5.96. The number of benzene rings is 1. The molecule has 1 aromatic carbocycles. The van der Waals surface area contributed by atoms with Crippen molar-refractivity contribution in [2.45, 2.75) is 25.0 Å². The van der Waals surface area contributed by atoms with Gasteiger partial charge < -0.3 is 15.7 Å². The SMILES string of the molecule is Nc1c(F)cccc1N1CC2CC3CC2C1C3O. The van der Waals surface area contributed by atoms with E-state index in [1.807, 2.05) is 6.07 Å². The Kier molecular flexibility index (Phi) is 1.99. The standard InChI is InChI=1S/C14H17FN2O/c15-10-2-1-3-11(12(10)16)17-6-8-4-7-5-9(8)13(17)14(7)18/h1-3,7-9,13-14,18H,4-6,16H2. The van der Waals surface area contributed by atoms with Gasteiger partial charge in [0.25, 0.3) is 0 Å². The number of fused-ring (bicyclic) bond motifs is 1. The minimum atomic E-state index is -0.365. The maximum atomic E-state index is 13.6. The molecule has 0 aromatic heterocycles. The summed E-state index contributed by atoms with van der Waals surface area (Å²) in [6.45, 7) is 0.913. The molecule has 96 valence electrons. The molecule has 4 rings (SSSR count). The summed E-state index contributed by atoms with van der Waals surface area (Å²) in [6, 6.07) is 5.10. The van der Waals surface area contributed by atoms with E-state index in [-0.39, 0.29) is 23.7 Å². The van der Waals surface area contributed by atoms with Crippen LogP contribution in [0, 0.1) is 23.6 Å². The number of anilines is 2. The normalized spacial score (nSPS) is 40.8. The van der Waals surface area contributed by atoms with Crippen molar-refractivity contribution >= 4 is 11.4 Å². The van der Waals surface area contributed by atoms with Crippen molar-refractivity contribution in [3.8, 4) is 0 Å². The van der Waals surface area contributed by atoms with Crippen LogP contribution in [0.1, 0.15) is 12.8 Å². The van der Waals surface area contributed by atoms with Crippen molar-refractivity contribution in [2.24, 2.45) is 17.8 Å². The number of halogens is 1. The van der Waals surface area contributed by atoms with E-state index in [4.69, 9.17) is 5.73 Å². The van der Waals surface area contributed by atoms with Gasteiger partial charge in [-0.2, -0.15) is 0 Å².